The van der Waals surface area contributed by atoms with E-state index in [1.54, 1.807) is 0 Å². The number of rotatable bonds is 5. The summed E-state index contributed by atoms with van der Waals surface area (Å²) in [7, 11) is 0. The van der Waals surface area contributed by atoms with E-state index in [1.165, 1.54) is 0 Å². The van der Waals surface area contributed by atoms with Gasteiger partial charge in [0, 0.05) is 6.54 Å². The number of hydrogen-bond acceptors (Lipinski definition) is 3. The Morgan fingerprint density at radius 2 is 2.00 bits per heavy atom. The molecule has 0 aromatic heterocycles. The predicted octanol–water partition coefficient (Wildman–Crippen LogP) is 0.824. The van der Waals surface area contributed by atoms with E-state index in [0.717, 1.165) is 25.9 Å². The molecule has 1 rings (SSSR count). The van der Waals surface area contributed by atoms with Gasteiger partial charge in [0.1, 0.15) is 6.42 Å². The highest BCUT2D eigenvalue weighted by atomic mass is 19.4. The maximum absolute atomic E-state index is 11.8. The van der Waals surface area contributed by atoms with Crippen LogP contribution in [0.4, 0.5) is 13.2 Å². The van der Waals surface area contributed by atoms with Crippen molar-refractivity contribution in [3.63, 3.8) is 0 Å². The maximum Gasteiger partial charge on any atom is 0.397 e. The Morgan fingerprint density at radius 1 is 1.35 bits per heavy atom. The molecule has 7 heteroatoms. The molecule has 0 bridgehead atoms. The lowest BCUT2D eigenvalue weighted by Crippen LogP contribution is -2.35. The van der Waals surface area contributed by atoms with E-state index in [1.807, 2.05) is 0 Å². The molecule has 1 fully saturated rings. The summed E-state index contributed by atoms with van der Waals surface area (Å²) in [6.45, 7) is 2.17. The largest absolute Gasteiger partial charge is 0.397 e. The fourth-order valence-electron chi connectivity index (χ4n) is 1.62. The van der Waals surface area contributed by atoms with Gasteiger partial charge in [-0.3, -0.25) is 4.79 Å². The maximum atomic E-state index is 11.8. The Balaban J connectivity index is 2.01. The van der Waals surface area contributed by atoms with E-state index < -0.39 is 18.5 Å². The van der Waals surface area contributed by atoms with Crippen LogP contribution < -0.4 is 10.6 Å². The van der Waals surface area contributed by atoms with E-state index in [-0.39, 0.29) is 19.3 Å². The summed E-state index contributed by atoms with van der Waals surface area (Å²) in [6, 6.07) is 0. The first kappa shape index (κ1) is 14.2. The molecule has 1 heterocycles. The van der Waals surface area contributed by atoms with Crippen molar-refractivity contribution in [3.05, 3.63) is 0 Å². The summed E-state index contributed by atoms with van der Waals surface area (Å²) in [5.41, 5.74) is 0. The predicted molar refractivity (Wildman–Crippen MR) is 55.5 cm³/mol. The molecule has 17 heavy (non-hydrogen) atoms. The van der Waals surface area contributed by atoms with Gasteiger partial charge < -0.3 is 15.4 Å². The van der Waals surface area contributed by atoms with Gasteiger partial charge in [0.15, 0.2) is 0 Å². The van der Waals surface area contributed by atoms with Gasteiger partial charge in [-0.2, -0.15) is 13.2 Å². The summed E-state index contributed by atoms with van der Waals surface area (Å²) >= 11 is 0. The Bertz CT molecular complexity index is 240. The highest BCUT2D eigenvalue weighted by molar-refractivity contribution is 5.76. The number of hydrogen-bond donors (Lipinski definition) is 2. The Morgan fingerprint density at radius 3 is 2.59 bits per heavy atom. The molecule has 0 atom stereocenters. The van der Waals surface area contributed by atoms with Gasteiger partial charge in [0.05, 0.1) is 12.7 Å². The summed E-state index contributed by atoms with van der Waals surface area (Å²) in [4.78, 5) is 10.8. The van der Waals surface area contributed by atoms with Crippen molar-refractivity contribution in [2.75, 3.05) is 26.2 Å². The van der Waals surface area contributed by atoms with Gasteiger partial charge in [-0.1, -0.05) is 0 Å². The molecule has 0 spiro atoms. The van der Waals surface area contributed by atoms with Crippen molar-refractivity contribution in [2.45, 2.75) is 31.5 Å². The molecule has 1 aliphatic heterocycles. The number of carbonyl (C=O) groups excluding carboxylic acids is 1. The number of piperidine rings is 1. The smallest absolute Gasteiger partial charge is 0.376 e. The minimum Gasteiger partial charge on any atom is -0.376 e. The van der Waals surface area contributed by atoms with Gasteiger partial charge in [-0.05, 0) is 25.9 Å². The van der Waals surface area contributed by atoms with E-state index in [0.29, 0.717) is 0 Å². The average Bonchev–Trinajstić information content (AvgIpc) is 2.23. The lowest BCUT2D eigenvalue weighted by Gasteiger charge is -2.22. The van der Waals surface area contributed by atoms with Crippen LogP contribution in [0, 0.1) is 0 Å². The standard InChI is InChI=1S/C10H17F3N2O2/c11-10(12,13)7-9(16)15-5-6-17-8-1-3-14-4-2-8/h8,14H,1-7H2,(H,15,16). The van der Waals surface area contributed by atoms with Crippen molar-refractivity contribution in [1.29, 1.82) is 0 Å². The number of nitrogens with one attached hydrogen (secondary N) is 2. The highest BCUT2D eigenvalue weighted by Gasteiger charge is 2.30. The van der Waals surface area contributed by atoms with Crippen LogP contribution in [0.25, 0.3) is 0 Å². The van der Waals surface area contributed by atoms with E-state index in [9.17, 15) is 18.0 Å². The first-order valence-electron chi connectivity index (χ1n) is 5.63. The molecule has 0 aromatic carbocycles. The third kappa shape index (κ3) is 7.17. The lowest BCUT2D eigenvalue weighted by atomic mass is 10.1. The minimum absolute atomic E-state index is 0.124. The van der Waals surface area contributed by atoms with Gasteiger partial charge in [0.25, 0.3) is 0 Å². The Kier molecular flexibility index (Phi) is 5.70. The summed E-state index contributed by atoms with van der Waals surface area (Å²) in [6.07, 6.45) is -3.93. The summed E-state index contributed by atoms with van der Waals surface area (Å²) < 4.78 is 40.8. The van der Waals surface area contributed by atoms with Crippen LogP contribution in [-0.4, -0.2) is 44.4 Å². The third-order valence-electron chi connectivity index (χ3n) is 2.42. The second-order valence-corrected chi connectivity index (χ2v) is 3.96. The number of halogens is 3. The van der Waals surface area contributed by atoms with Crippen molar-refractivity contribution < 1.29 is 22.7 Å². The first-order chi connectivity index (χ1) is 7.97. The molecular formula is C10H17F3N2O2. The Hall–Kier alpha value is -0.820. The molecule has 0 aliphatic carbocycles. The summed E-state index contributed by atoms with van der Waals surface area (Å²) in [5.74, 6) is -1.01. The van der Waals surface area contributed by atoms with Crippen LogP contribution >= 0.6 is 0 Å². The molecule has 1 aliphatic rings. The van der Waals surface area contributed by atoms with Crippen LogP contribution in [0.1, 0.15) is 19.3 Å². The fraction of sp³-hybridized carbons (Fsp3) is 0.900. The third-order valence-corrected chi connectivity index (χ3v) is 2.42. The zero-order valence-corrected chi connectivity index (χ0v) is 9.48. The second-order valence-electron chi connectivity index (χ2n) is 3.96. The van der Waals surface area contributed by atoms with Crippen molar-refractivity contribution in [2.24, 2.45) is 0 Å². The number of alkyl halides is 3. The van der Waals surface area contributed by atoms with Gasteiger partial charge >= 0.3 is 6.18 Å². The monoisotopic (exact) mass is 254 g/mol. The molecule has 1 amide bonds. The first-order valence-corrected chi connectivity index (χ1v) is 5.63. The van der Waals surface area contributed by atoms with Crippen molar-refractivity contribution in [3.8, 4) is 0 Å². The van der Waals surface area contributed by atoms with E-state index in [4.69, 9.17) is 4.74 Å². The quantitative estimate of drug-likeness (QED) is 0.714. The number of carbonyl (C=O) groups is 1. The second kappa shape index (κ2) is 6.80. The zero-order valence-electron chi connectivity index (χ0n) is 9.48. The Labute approximate surface area is 97.9 Å². The summed E-state index contributed by atoms with van der Waals surface area (Å²) in [5, 5.41) is 5.35. The zero-order chi connectivity index (χ0) is 12.7. The van der Waals surface area contributed by atoms with Crippen LogP contribution in [-0.2, 0) is 9.53 Å². The molecular weight excluding hydrogens is 237 g/mol. The minimum atomic E-state index is -4.44. The van der Waals surface area contributed by atoms with Crippen molar-refractivity contribution in [1.82, 2.24) is 10.6 Å². The molecule has 100 valence electrons. The number of ether oxygens (including phenoxy) is 1. The van der Waals surface area contributed by atoms with Crippen LogP contribution in [0.3, 0.4) is 0 Å². The molecule has 0 aromatic rings. The molecule has 0 unspecified atom stereocenters. The topological polar surface area (TPSA) is 50.4 Å². The van der Waals surface area contributed by atoms with Crippen LogP contribution in [0.5, 0.6) is 0 Å². The van der Waals surface area contributed by atoms with Gasteiger partial charge in [-0.15, -0.1) is 0 Å². The normalized spacial score (nSPS) is 18.1. The van der Waals surface area contributed by atoms with E-state index in [2.05, 4.69) is 10.6 Å². The van der Waals surface area contributed by atoms with Gasteiger partial charge in [0.2, 0.25) is 5.91 Å². The number of amides is 1. The molecule has 4 nitrogen and oxygen atoms in total. The average molecular weight is 254 g/mol. The van der Waals surface area contributed by atoms with Crippen LogP contribution in [0.15, 0.2) is 0 Å². The van der Waals surface area contributed by atoms with Gasteiger partial charge in [-0.25, -0.2) is 0 Å². The molecule has 0 radical (unpaired) electrons. The molecule has 2 N–H and O–H groups in total. The van der Waals surface area contributed by atoms with Crippen molar-refractivity contribution >= 4 is 5.91 Å². The fourth-order valence-corrected chi connectivity index (χ4v) is 1.62. The molecule has 0 saturated carbocycles. The SMILES string of the molecule is O=C(CC(F)(F)F)NCCOC1CCNCC1. The van der Waals surface area contributed by atoms with Crippen LogP contribution in [0.2, 0.25) is 0 Å². The van der Waals surface area contributed by atoms with E-state index >= 15 is 0 Å². The molecule has 1 saturated heterocycles. The highest BCUT2D eigenvalue weighted by Crippen LogP contribution is 2.18. The lowest BCUT2D eigenvalue weighted by molar-refractivity contribution is -0.153.